The number of nitrogens with one attached hydrogen (secondary N) is 2. The van der Waals surface area contributed by atoms with Gasteiger partial charge in [0.25, 0.3) is 0 Å². The molecule has 2 saturated heterocycles. The third kappa shape index (κ3) is 4.26. The van der Waals surface area contributed by atoms with Crippen LogP contribution in [0.1, 0.15) is 19.3 Å². The van der Waals surface area contributed by atoms with E-state index in [4.69, 9.17) is 9.47 Å². The van der Waals surface area contributed by atoms with Crippen LogP contribution in [0.15, 0.2) is 0 Å². The van der Waals surface area contributed by atoms with Gasteiger partial charge in [-0.15, -0.1) is 0 Å². The molecule has 1 atom stereocenters. The Bertz CT molecular complexity index is 238. The summed E-state index contributed by atoms with van der Waals surface area (Å²) in [6, 6.07) is 0. The Labute approximate surface area is 102 Å². The third-order valence-corrected chi connectivity index (χ3v) is 3.24. The summed E-state index contributed by atoms with van der Waals surface area (Å²) in [5.74, 6) is 0.352. The van der Waals surface area contributed by atoms with Crippen LogP contribution in [0.4, 0.5) is 0 Å². The molecule has 0 aromatic heterocycles. The summed E-state index contributed by atoms with van der Waals surface area (Å²) in [6.07, 6.45) is 3.44. The van der Waals surface area contributed by atoms with Crippen LogP contribution in [0.2, 0.25) is 0 Å². The first-order valence-corrected chi connectivity index (χ1v) is 6.54. The van der Waals surface area contributed by atoms with Crippen LogP contribution < -0.4 is 10.6 Å². The van der Waals surface area contributed by atoms with Gasteiger partial charge in [-0.2, -0.15) is 0 Å². The van der Waals surface area contributed by atoms with E-state index in [1.165, 1.54) is 0 Å². The van der Waals surface area contributed by atoms with Crippen molar-refractivity contribution in [3.8, 4) is 0 Å². The molecule has 1 unspecified atom stereocenters. The number of rotatable bonds is 7. The fourth-order valence-corrected chi connectivity index (χ4v) is 1.99. The lowest BCUT2D eigenvalue weighted by atomic mass is 10.0. The van der Waals surface area contributed by atoms with Crippen LogP contribution in [0, 0.1) is 5.92 Å². The number of ether oxygens (including phenoxy) is 2. The van der Waals surface area contributed by atoms with Gasteiger partial charge in [0.05, 0.1) is 18.6 Å². The molecule has 2 heterocycles. The number of hydrogen-bond acceptors (Lipinski definition) is 4. The van der Waals surface area contributed by atoms with E-state index in [1.807, 2.05) is 0 Å². The molecule has 0 bridgehead atoms. The molecule has 2 rings (SSSR count). The summed E-state index contributed by atoms with van der Waals surface area (Å²) in [5, 5.41) is 6.01. The van der Waals surface area contributed by atoms with Crippen molar-refractivity contribution in [2.24, 2.45) is 5.92 Å². The van der Waals surface area contributed by atoms with Gasteiger partial charge in [-0.05, 0) is 19.3 Å². The Morgan fingerprint density at radius 2 is 2.35 bits per heavy atom. The van der Waals surface area contributed by atoms with Crippen LogP contribution in [0.25, 0.3) is 0 Å². The molecule has 1 amide bonds. The lowest BCUT2D eigenvalue weighted by Crippen LogP contribution is -2.50. The van der Waals surface area contributed by atoms with Crippen LogP contribution in [-0.2, 0) is 14.3 Å². The first-order valence-electron chi connectivity index (χ1n) is 6.54. The molecule has 5 heteroatoms. The molecule has 0 aromatic carbocycles. The van der Waals surface area contributed by atoms with E-state index < -0.39 is 0 Å². The fourth-order valence-electron chi connectivity index (χ4n) is 1.99. The smallest absolute Gasteiger partial charge is 0.225 e. The summed E-state index contributed by atoms with van der Waals surface area (Å²) >= 11 is 0. The van der Waals surface area contributed by atoms with Gasteiger partial charge < -0.3 is 20.1 Å². The lowest BCUT2D eigenvalue weighted by molar-refractivity contribution is -0.126. The van der Waals surface area contributed by atoms with E-state index in [0.717, 1.165) is 39.0 Å². The molecule has 0 aliphatic carbocycles. The molecule has 0 aromatic rings. The van der Waals surface area contributed by atoms with E-state index in [9.17, 15) is 4.79 Å². The summed E-state index contributed by atoms with van der Waals surface area (Å²) in [6.45, 7) is 4.62. The van der Waals surface area contributed by atoms with Crippen molar-refractivity contribution in [1.82, 2.24) is 10.6 Å². The second-order valence-electron chi connectivity index (χ2n) is 4.71. The third-order valence-electron chi connectivity index (χ3n) is 3.24. The minimum absolute atomic E-state index is 0.169. The first-order chi connectivity index (χ1) is 8.36. The van der Waals surface area contributed by atoms with Gasteiger partial charge >= 0.3 is 0 Å². The summed E-state index contributed by atoms with van der Waals surface area (Å²) in [7, 11) is 0. The minimum atomic E-state index is 0.169. The van der Waals surface area contributed by atoms with Gasteiger partial charge in [0.2, 0.25) is 5.91 Å². The first kappa shape index (κ1) is 12.8. The fraction of sp³-hybridized carbons (Fsp3) is 0.917. The van der Waals surface area contributed by atoms with Crippen molar-refractivity contribution in [3.05, 3.63) is 0 Å². The predicted octanol–water partition coefficient (Wildman–Crippen LogP) is -0.0923. The average Bonchev–Trinajstić information content (AvgIpc) is 2.73. The highest BCUT2D eigenvalue weighted by Crippen LogP contribution is 2.11. The molecule has 2 fully saturated rings. The molecular weight excluding hydrogens is 220 g/mol. The summed E-state index contributed by atoms with van der Waals surface area (Å²) < 4.78 is 11.0. The number of carbonyl (C=O) groups is 1. The quantitative estimate of drug-likeness (QED) is 0.612. The topological polar surface area (TPSA) is 59.6 Å². The van der Waals surface area contributed by atoms with Crippen molar-refractivity contribution in [1.29, 1.82) is 0 Å². The van der Waals surface area contributed by atoms with Gasteiger partial charge in [0.15, 0.2) is 0 Å². The Balaban J connectivity index is 1.39. The minimum Gasteiger partial charge on any atom is -0.379 e. The molecule has 0 saturated carbocycles. The SMILES string of the molecule is O=C(NCCCOCC1CCCO1)C1CNC1. The Hall–Kier alpha value is -0.650. The molecule has 2 aliphatic heterocycles. The Morgan fingerprint density at radius 1 is 1.47 bits per heavy atom. The molecule has 2 aliphatic rings. The van der Waals surface area contributed by atoms with Gasteiger partial charge in [-0.3, -0.25) is 4.79 Å². The van der Waals surface area contributed by atoms with E-state index in [-0.39, 0.29) is 11.8 Å². The van der Waals surface area contributed by atoms with Crippen LogP contribution in [-0.4, -0.2) is 51.5 Å². The molecule has 5 nitrogen and oxygen atoms in total. The predicted molar refractivity (Wildman–Crippen MR) is 63.8 cm³/mol. The van der Waals surface area contributed by atoms with Crippen molar-refractivity contribution >= 4 is 5.91 Å². The zero-order chi connectivity index (χ0) is 11.9. The number of amides is 1. The highest BCUT2D eigenvalue weighted by Gasteiger charge is 2.24. The van der Waals surface area contributed by atoms with Gasteiger partial charge in [0.1, 0.15) is 0 Å². The highest BCUT2D eigenvalue weighted by atomic mass is 16.5. The average molecular weight is 242 g/mol. The molecular formula is C12H22N2O3. The van der Waals surface area contributed by atoms with Crippen LogP contribution >= 0.6 is 0 Å². The largest absolute Gasteiger partial charge is 0.379 e. The van der Waals surface area contributed by atoms with Gasteiger partial charge in [-0.25, -0.2) is 0 Å². The summed E-state index contributed by atoms with van der Waals surface area (Å²) in [4.78, 5) is 11.5. The molecule has 98 valence electrons. The molecule has 17 heavy (non-hydrogen) atoms. The van der Waals surface area contributed by atoms with Crippen molar-refractivity contribution in [2.45, 2.75) is 25.4 Å². The maximum absolute atomic E-state index is 11.5. The standard InChI is InChI=1S/C12H22N2O3/c15-12(10-7-13-8-10)14-4-2-5-16-9-11-3-1-6-17-11/h10-11,13H,1-9H2,(H,14,15). The zero-order valence-corrected chi connectivity index (χ0v) is 10.2. The van der Waals surface area contributed by atoms with E-state index in [2.05, 4.69) is 10.6 Å². The lowest BCUT2D eigenvalue weighted by Gasteiger charge is -2.25. The highest BCUT2D eigenvalue weighted by molar-refractivity contribution is 5.79. The number of carbonyl (C=O) groups excluding carboxylic acids is 1. The van der Waals surface area contributed by atoms with E-state index >= 15 is 0 Å². The monoisotopic (exact) mass is 242 g/mol. The molecule has 0 radical (unpaired) electrons. The van der Waals surface area contributed by atoms with Crippen molar-refractivity contribution in [2.75, 3.05) is 39.5 Å². The maximum atomic E-state index is 11.5. The zero-order valence-electron chi connectivity index (χ0n) is 10.2. The normalized spacial score (nSPS) is 24.6. The summed E-state index contributed by atoms with van der Waals surface area (Å²) in [5.41, 5.74) is 0. The Kier molecular flexibility index (Phi) is 5.22. The molecule has 0 spiro atoms. The van der Waals surface area contributed by atoms with Gasteiger partial charge in [0, 0.05) is 32.8 Å². The molecule has 2 N–H and O–H groups in total. The van der Waals surface area contributed by atoms with E-state index in [0.29, 0.717) is 25.9 Å². The number of hydrogen-bond donors (Lipinski definition) is 2. The van der Waals surface area contributed by atoms with Crippen LogP contribution in [0.3, 0.4) is 0 Å². The second kappa shape index (κ2) is 6.93. The maximum Gasteiger partial charge on any atom is 0.225 e. The van der Waals surface area contributed by atoms with E-state index in [1.54, 1.807) is 0 Å². The van der Waals surface area contributed by atoms with Gasteiger partial charge in [-0.1, -0.05) is 0 Å². The second-order valence-corrected chi connectivity index (χ2v) is 4.71. The van der Waals surface area contributed by atoms with Crippen molar-refractivity contribution < 1.29 is 14.3 Å². The van der Waals surface area contributed by atoms with Crippen molar-refractivity contribution in [3.63, 3.8) is 0 Å². The Morgan fingerprint density at radius 3 is 3.00 bits per heavy atom. The van der Waals surface area contributed by atoms with Crippen LogP contribution in [0.5, 0.6) is 0 Å².